The van der Waals surface area contributed by atoms with Crippen LogP contribution in [0.4, 0.5) is 0 Å². The molecule has 1 rings (SSSR count). The number of carboxylic acids is 1. The van der Waals surface area contributed by atoms with Gasteiger partial charge in [0.25, 0.3) is 11.3 Å². The molecule has 0 aromatic carbocycles. The summed E-state index contributed by atoms with van der Waals surface area (Å²) in [6.45, 7) is 0. The van der Waals surface area contributed by atoms with Crippen LogP contribution in [0.15, 0.2) is 23.1 Å². The van der Waals surface area contributed by atoms with Crippen LogP contribution in [-0.2, 0) is 4.79 Å². The van der Waals surface area contributed by atoms with Gasteiger partial charge in [-0.3, -0.25) is 9.59 Å². The zero-order chi connectivity index (χ0) is 9.14. The molecule has 1 aromatic rings. The van der Waals surface area contributed by atoms with E-state index in [1.165, 1.54) is 12.3 Å². The van der Waals surface area contributed by atoms with Crippen molar-refractivity contribution in [3.05, 3.63) is 34.2 Å². The molecule has 5 heteroatoms. The van der Waals surface area contributed by atoms with Gasteiger partial charge in [-0.15, -0.1) is 0 Å². The second kappa shape index (κ2) is 3.00. The van der Waals surface area contributed by atoms with E-state index in [9.17, 15) is 14.4 Å². The molecule has 5 nitrogen and oxygen atoms in total. The number of rotatable bonds is 2. The van der Waals surface area contributed by atoms with Gasteiger partial charge >= 0.3 is 5.97 Å². The summed E-state index contributed by atoms with van der Waals surface area (Å²) in [4.78, 5) is 33.9. The van der Waals surface area contributed by atoms with Crippen molar-refractivity contribution in [2.24, 2.45) is 0 Å². The zero-order valence-electron chi connectivity index (χ0n) is 5.90. The maximum atomic E-state index is 10.8. The molecule has 0 aliphatic heterocycles. The van der Waals surface area contributed by atoms with E-state index >= 15 is 0 Å². The molecule has 0 aliphatic rings. The van der Waals surface area contributed by atoms with Crippen molar-refractivity contribution in [1.82, 2.24) is 4.98 Å². The number of H-pyrrole nitrogens is 1. The van der Waals surface area contributed by atoms with Crippen molar-refractivity contribution in [3.63, 3.8) is 0 Å². The van der Waals surface area contributed by atoms with Gasteiger partial charge in [0.15, 0.2) is 0 Å². The van der Waals surface area contributed by atoms with Crippen LogP contribution in [0.2, 0.25) is 0 Å². The molecule has 0 bridgehead atoms. The Morgan fingerprint density at radius 3 is 2.58 bits per heavy atom. The molecule has 0 radical (unpaired) electrons. The molecular formula is C7H5NO4. The predicted octanol–water partition coefficient (Wildman–Crippen LogP) is -0.358. The fourth-order valence-electron chi connectivity index (χ4n) is 0.716. The number of hydrogen-bond donors (Lipinski definition) is 2. The van der Waals surface area contributed by atoms with Gasteiger partial charge in [-0.05, 0) is 12.1 Å². The lowest BCUT2D eigenvalue weighted by Gasteiger charge is -1.91. The average Bonchev–Trinajstić information content (AvgIpc) is 2.04. The molecule has 0 saturated carbocycles. The largest absolute Gasteiger partial charge is 0.475 e. The normalized spacial score (nSPS) is 9.33. The van der Waals surface area contributed by atoms with E-state index in [-0.39, 0.29) is 5.56 Å². The SMILES string of the molecule is O=C(O)C(=O)c1ccc[nH]c1=O. The quantitative estimate of drug-likeness (QED) is 0.465. The molecule has 1 heterocycles. The van der Waals surface area contributed by atoms with Crippen LogP contribution in [0.25, 0.3) is 0 Å². The van der Waals surface area contributed by atoms with Crippen LogP contribution in [0.3, 0.4) is 0 Å². The highest BCUT2D eigenvalue weighted by Gasteiger charge is 2.16. The maximum absolute atomic E-state index is 10.8. The monoisotopic (exact) mass is 167 g/mol. The molecule has 0 atom stereocenters. The van der Waals surface area contributed by atoms with E-state index in [2.05, 4.69) is 4.98 Å². The molecule has 0 unspecified atom stereocenters. The Bertz CT molecular complexity index is 379. The number of hydrogen-bond acceptors (Lipinski definition) is 3. The molecule has 0 fully saturated rings. The third-order valence-corrected chi connectivity index (χ3v) is 1.26. The van der Waals surface area contributed by atoms with Crippen molar-refractivity contribution in [1.29, 1.82) is 0 Å². The van der Waals surface area contributed by atoms with Gasteiger partial charge in [0.05, 0.1) is 5.56 Å². The van der Waals surface area contributed by atoms with Crippen LogP contribution in [0, 0.1) is 0 Å². The topological polar surface area (TPSA) is 87.2 Å². The Kier molecular flexibility index (Phi) is 2.05. The number of pyridine rings is 1. The van der Waals surface area contributed by atoms with Crippen LogP contribution in [-0.4, -0.2) is 21.8 Å². The maximum Gasteiger partial charge on any atom is 0.377 e. The molecule has 0 saturated heterocycles. The van der Waals surface area contributed by atoms with Gasteiger partial charge in [-0.1, -0.05) is 0 Å². The van der Waals surface area contributed by atoms with Gasteiger partial charge in [0, 0.05) is 6.20 Å². The minimum absolute atomic E-state index is 0.356. The van der Waals surface area contributed by atoms with Gasteiger partial charge in [0.1, 0.15) is 0 Å². The first-order valence-electron chi connectivity index (χ1n) is 3.08. The Balaban J connectivity index is 3.21. The van der Waals surface area contributed by atoms with Crippen LogP contribution >= 0.6 is 0 Å². The Hall–Kier alpha value is -1.91. The predicted molar refractivity (Wildman–Crippen MR) is 39.0 cm³/mol. The smallest absolute Gasteiger partial charge is 0.377 e. The van der Waals surface area contributed by atoms with Gasteiger partial charge in [-0.25, -0.2) is 4.79 Å². The molecule has 0 spiro atoms. The summed E-state index contributed by atoms with van der Waals surface area (Å²) in [5.74, 6) is -2.83. The number of aliphatic carboxylic acids is 1. The van der Waals surface area contributed by atoms with Crippen LogP contribution < -0.4 is 5.56 Å². The second-order valence-corrected chi connectivity index (χ2v) is 2.05. The number of aromatic amines is 1. The molecule has 0 aliphatic carbocycles. The summed E-state index contributed by atoms with van der Waals surface area (Å²) < 4.78 is 0. The van der Waals surface area contributed by atoms with Crippen LogP contribution in [0.5, 0.6) is 0 Å². The van der Waals surface area contributed by atoms with E-state index in [1.807, 2.05) is 0 Å². The molecule has 12 heavy (non-hydrogen) atoms. The molecular weight excluding hydrogens is 162 g/mol. The molecule has 2 N–H and O–H groups in total. The molecule has 1 aromatic heterocycles. The Morgan fingerprint density at radius 2 is 2.08 bits per heavy atom. The minimum Gasteiger partial charge on any atom is -0.475 e. The van der Waals surface area contributed by atoms with Crippen molar-refractivity contribution >= 4 is 11.8 Å². The number of ketones is 1. The van der Waals surface area contributed by atoms with E-state index in [1.54, 1.807) is 0 Å². The van der Waals surface area contributed by atoms with Gasteiger partial charge < -0.3 is 10.1 Å². The van der Waals surface area contributed by atoms with Gasteiger partial charge in [-0.2, -0.15) is 0 Å². The summed E-state index contributed by atoms with van der Waals surface area (Å²) in [6.07, 6.45) is 1.32. The summed E-state index contributed by atoms with van der Waals surface area (Å²) in [6, 6.07) is 2.55. The van der Waals surface area contributed by atoms with E-state index < -0.39 is 17.3 Å². The summed E-state index contributed by atoms with van der Waals surface area (Å²) in [7, 11) is 0. The van der Waals surface area contributed by atoms with Crippen molar-refractivity contribution in [2.75, 3.05) is 0 Å². The van der Waals surface area contributed by atoms with E-state index in [0.29, 0.717) is 0 Å². The first-order chi connectivity index (χ1) is 5.63. The number of carbonyl (C=O) groups is 2. The highest BCUT2D eigenvalue weighted by Crippen LogP contribution is 1.90. The first-order valence-corrected chi connectivity index (χ1v) is 3.08. The first kappa shape index (κ1) is 8.19. The Labute approximate surface area is 66.7 Å². The van der Waals surface area contributed by atoms with Crippen molar-refractivity contribution in [2.45, 2.75) is 0 Å². The molecule has 62 valence electrons. The number of aromatic nitrogens is 1. The summed E-state index contributed by atoms with van der Waals surface area (Å²) in [5.41, 5.74) is -1.05. The van der Waals surface area contributed by atoms with Crippen LogP contribution in [0.1, 0.15) is 10.4 Å². The highest BCUT2D eigenvalue weighted by atomic mass is 16.4. The fourth-order valence-corrected chi connectivity index (χ4v) is 0.716. The van der Waals surface area contributed by atoms with Crippen molar-refractivity contribution < 1.29 is 14.7 Å². The summed E-state index contributed by atoms with van der Waals surface area (Å²) in [5, 5.41) is 8.26. The standard InChI is InChI=1S/C7H5NO4/c9-5(7(11)12)4-2-1-3-8-6(4)10/h1-3H,(H,8,10)(H,11,12). The highest BCUT2D eigenvalue weighted by molar-refractivity contribution is 6.39. The minimum atomic E-state index is -1.63. The second-order valence-electron chi connectivity index (χ2n) is 2.05. The molecule has 0 amide bonds. The zero-order valence-corrected chi connectivity index (χ0v) is 5.90. The lowest BCUT2D eigenvalue weighted by Crippen LogP contribution is -2.22. The van der Waals surface area contributed by atoms with E-state index in [4.69, 9.17) is 5.11 Å². The number of carbonyl (C=O) groups excluding carboxylic acids is 1. The lowest BCUT2D eigenvalue weighted by atomic mass is 10.2. The average molecular weight is 167 g/mol. The number of Topliss-reactive ketones (excluding diaryl/α,β-unsaturated/α-hetero) is 1. The third kappa shape index (κ3) is 1.39. The van der Waals surface area contributed by atoms with E-state index in [0.717, 1.165) is 6.07 Å². The third-order valence-electron chi connectivity index (χ3n) is 1.26. The lowest BCUT2D eigenvalue weighted by molar-refractivity contribution is -0.131. The van der Waals surface area contributed by atoms with Crippen molar-refractivity contribution in [3.8, 4) is 0 Å². The Morgan fingerprint density at radius 1 is 1.42 bits per heavy atom. The number of nitrogens with one attached hydrogen (secondary N) is 1. The fraction of sp³-hybridized carbons (Fsp3) is 0. The van der Waals surface area contributed by atoms with Gasteiger partial charge in [0.2, 0.25) is 0 Å². The number of carboxylic acid groups (broad SMARTS) is 1. The summed E-state index contributed by atoms with van der Waals surface area (Å²) >= 11 is 0.